The van der Waals surface area contributed by atoms with Gasteiger partial charge in [-0.15, -0.1) is 0 Å². The van der Waals surface area contributed by atoms with E-state index in [1.165, 1.54) is 6.92 Å². The van der Waals surface area contributed by atoms with Gasteiger partial charge < -0.3 is 4.98 Å². The Hall–Kier alpha value is -2.95. The minimum atomic E-state index is -4.61. The molecule has 0 atom stereocenters. The molecule has 0 saturated carbocycles. The third kappa shape index (κ3) is 3.38. The average molecular weight is 383 g/mol. The highest BCUT2D eigenvalue weighted by Gasteiger charge is 2.34. The number of nitrogens with zero attached hydrogens (tertiary/aromatic N) is 3. The predicted molar refractivity (Wildman–Crippen MR) is 89.7 cm³/mol. The highest BCUT2D eigenvalue weighted by Crippen LogP contribution is 2.28. The summed E-state index contributed by atoms with van der Waals surface area (Å²) in [7, 11) is 0. The van der Waals surface area contributed by atoms with Crippen LogP contribution in [0.15, 0.2) is 35.1 Å². The number of hydrogen-bond acceptors (Lipinski definition) is 4. The number of aromatic amines is 1. The molecular weight excluding hydrogens is 371 g/mol. The van der Waals surface area contributed by atoms with Crippen molar-refractivity contribution in [1.82, 2.24) is 19.4 Å². The number of hydrogen-bond donors (Lipinski definition) is 2. The maximum atomic E-state index is 12.7. The summed E-state index contributed by atoms with van der Waals surface area (Å²) in [6.45, 7) is 0.889. The van der Waals surface area contributed by atoms with E-state index < -0.39 is 29.9 Å². The van der Waals surface area contributed by atoms with Crippen molar-refractivity contribution in [3.05, 3.63) is 56.8 Å². The van der Waals surface area contributed by atoms with Crippen LogP contribution in [0.5, 0.6) is 0 Å². The molecule has 1 amide bonds. The Labute approximate surface area is 149 Å². The summed E-state index contributed by atoms with van der Waals surface area (Å²) >= 11 is 5.05. The lowest BCUT2D eigenvalue weighted by molar-refractivity contribution is -0.141. The molecule has 0 saturated heterocycles. The number of alkyl halides is 3. The number of amides is 1. The lowest BCUT2D eigenvalue weighted by Gasteiger charge is -2.10. The van der Waals surface area contributed by atoms with Crippen LogP contribution in [0.4, 0.5) is 13.2 Å². The van der Waals surface area contributed by atoms with Crippen molar-refractivity contribution in [3.63, 3.8) is 0 Å². The number of aromatic nitrogens is 4. The first-order valence-corrected chi connectivity index (χ1v) is 7.73. The number of benzene rings is 1. The quantitative estimate of drug-likeness (QED) is 0.680. The molecule has 0 unspecified atom stereocenters. The highest BCUT2D eigenvalue weighted by atomic mass is 32.1. The topological polar surface area (TPSA) is 84.7 Å². The fraction of sp³-hybridized carbons (Fsp3) is 0.200. The van der Waals surface area contributed by atoms with E-state index in [-0.39, 0.29) is 10.5 Å². The zero-order valence-electron chi connectivity index (χ0n) is 13.3. The van der Waals surface area contributed by atoms with E-state index in [4.69, 9.17) is 12.2 Å². The van der Waals surface area contributed by atoms with Gasteiger partial charge in [0.05, 0.1) is 10.9 Å². The molecule has 2 N–H and O–H groups in total. The number of carbonyl (C=O) groups is 1. The van der Waals surface area contributed by atoms with Gasteiger partial charge in [0, 0.05) is 5.69 Å². The maximum Gasteiger partial charge on any atom is 0.435 e. The van der Waals surface area contributed by atoms with Gasteiger partial charge in [0.15, 0.2) is 10.5 Å². The lowest BCUT2D eigenvalue weighted by Crippen LogP contribution is -2.36. The first-order chi connectivity index (χ1) is 12.2. The molecule has 0 spiro atoms. The lowest BCUT2D eigenvalue weighted by atomic mass is 10.2. The number of halogens is 3. The monoisotopic (exact) mass is 383 g/mol. The molecule has 136 valence electrons. The molecule has 0 fully saturated rings. The summed E-state index contributed by atoms with van der Waals surface area (Å²) in [5.74, 6) is -0.748. The predicted octanol–water partition coefficient (Wildman–Crippen LogP) is 2.35. The molecule has 2 heterocycles. The minimum absolute atomic E-state index is 0.0461. The first-order valence-electron chi connectivity index (χ1n) is 7.32. The zero-order valence-corrected chi connectivity index (χ0v) is 14.1. The summed E-state index contributed by atoms with van der Waals surface area (Å²) in [5.41, 5.74) is 1.30. The first kappa shape index (κ1) is 17.9. The number of carbonyl (C=O) groups excluding carboxylic acids is 1. The number of fused-ring (bicyclic) bond motifs is 1. The molecule has 0 aliphatic heterocycles. The smallest absolute Gasteiger partial charge is 0.330 e. The molecule has 26 heavy (non-hydrogen) atoms. The van der Waals surface area contributed by atoms with E-state index in [1.54, 1.807) is 24.3 Å². The van der Waals surface area contributed by atoms with Gasteiger partial charge in [0.25, 0.3) is 11.5 Å². The Kier molecular flexibility index (Phi) is 4.40. The molecule has 1 aromatic carbocycles. The molecule has 11 heteroatoms. The standard InChI is InChI=1S/C15H12F3N5O2S/c1-8-6-11(15(16,17)18)20-22(8)7-12(24)21-23-13(25)9-4-2-3-5-10(9)19-14(23)26/h2-6H,7H2,1H3,(H,19,26)(H,21,24). The Morgan fingerprint density at radius 2 is 2.04 bits per heavy atom. The van der Waals surface area contributed by atoms with Gasteiger partial charge >= 0.3 is 6.18 Å². The van der Waals surface area contributed by atoms with Crippen LogP contribution in [0.25, 0.3) is 10.9 Å². The molecule has 0 aliphatic carbocycles. The molecular formula is C15H12F3N5O2S. The molecule has 0 aliphatic rings. The van der Waals surface area contributed by atoms with Gasteiger partial charge in [0.1, 0.15) is 6.54 Å². The van der Waals surface area contributed by atoms with E-state index in [2.05, 4.69) is 15.5 Å². The summed E-state index contributed by atoms with van der Waals surface area (Å²) < 4.78 is 39.7. The van der Waals surface area contributed by atoms with E-state index >= 15 is 0 Å². The summed E-state index contributed by atoms with van der Waals surface area (Å²) in [5, 5.41) is 3.67. The zero-order chi connectivity index (χ0) is 19.1. The average Bonchev–Trinajstić information content (AvgIpc) is 2.92. The molecule has 0 bridgehead atoms. The second-order valence-corrected chi connectivity index (χ2v) is 5.86. The van der Waals surface area contributed by atoms with Crippen LogP contribution in [0, 0.1) is 11.7 Å². The van der Waals surface area contributed by atoms with Crippen LogP contribution in [0.1, 0.15) is 11.4 Å². The number of H-pyrrole nitrogens is 1. The van der Waals surface area contributed by atoms with E-state index in [1.807, 2.05) is 0 Å². The second-order valence-electron chi connectivity index (χ2n) is 5.48. The van der Waals surface area contributed by atoms with Crippen molar-refractivity contribution in [3.8, 4) is 0 Å². The van der Waals surface area contributed by atoms with Gasteiger partial charge in [-0.05, 0) is 37.3 Å². The van der Waals surface area contributed by atoms with Crippen LogP contribution < -0.4 is 11.0 Å². The van der Waals surface area contributed by atoms with E-state index in [9.17, 15) is 22.8 Å². The third-order valence-corrected chi connectivity index (χ3v) is 3.89. The van der Waals surface area contributed by atoms with E-state index in [0.717, 1.165) is 15.4 Å². The number of nitrogens with one attached hydrogen (secondary N) is 2. The van der Waals surface area contributed by atoms with Gasteiger partial charge in [-0.25, -0.2) is 0 Å². The van der Waals surface area contributed by atoms with Crippen molar-refractivity contribution in [2.75, 3.05) is 5.43 Å². The Morgan fingerprint density at radius 1 is 1.35 bits per heavy atom. The summed E-state index contributed by atoms with van der Waals surface area (Å²) in [6, 6.07) is 7.41. The number of para-hydroxylation sites is 1. The van der Waals surface area contributed by atoms with Gasteiger partial charge in [-0.1, -0.05) is 12.1 Å². The van der Waals surface area contributed by atoms with Crippen LogP contribution in [0.3, 0.4) is 0 Å². The fourth-order valence-corrected chi connectivity index (χ4v) is 2.61. The van der Waals surface area contributed by atoms with Crippen molar-refractivity contribution in [2.45, 2.75) is 19.6 Å². The summed E-state index contributed by atoms with van der Waals surface area (Å²) in [6.07, 6.45) is -4.61. The van der Waals surface area contributed by atoms with Gasteiger partial charge in [-0.3, -0.25) is 19.7 Å². The van der Waals surface area contributed by atoms with Gasteiger partial charge in [-0.2, -0.15) is 22.9 Å². The largest absolute Gasteiger partial charge is 0.435 e. The summed E-state index contributed by atoms with van der Waals surface area (Å²) in [4.78, 5) is 27.4. The normalized spacial score (nSPS) is 11.7. The molecule has 0 radical (unpaired) electrons. The molecule has 3 aromatic rings. The Balaban J connectivity index is 1.88. The van der Waals surface area contributed by atoms with Gasteiger partial charge in [0.2, 0.25) is 0 Å². The molecule has 2 aromatic heterocycles. The Morgan fingerprint density at radius 3 is 2.69 bits per heavy atom. The molecule has 7 nitrogen and oxygen atoms in total. The van der Waals surface area contributed by atoms with Crippen molar-refractivity contribution >= 4 is 29.0 Å². The van der Waals surface area contributed by atoms with Crippen molar-refractivity contribution in [1.29, 1.82) is 0 Å². The van der Waals surface area contributed by atoms with Crippen molar-refractivity contribution in [2.24, 2.45) is 0 Å². The number of rotatable bonds is 3. The SMILES string of the molecule is Cc1cc(C(F)(F)F)nn1CC(=O)Nn1c(=S)[nH]c2ccccc2c1=O. The van der Waals surface area contributed by atoms with Crippen molar-refractivity contribution < 1.29 is 18.0 Å². The highest BCUT2D eigenvalue weighted by molar-refractivity contribution is 7.71. The second kappa shape index (κ2) is 6.41. The van der Waals surface area contributed by atoms with Crippen LogP contribution in [0.2, 0.25) is 0 Å². The number of aryl methyl sites for hydroxylation is 1. The van der Waals surface area contributed by atoms with Crippen LogP contribution >= 0.6 is 12.2 Å². The Bertz CT molecular complexity index is 1110. The minimum Gasteiger partial charge on any atom is -0.330 e. The maximum absolute atomic E-state index is 12.7. The van der Waals surface area contributed by atoms with Crippen LogP contribution in [-0.4, -0.2) is 25.3 Å². The fourth-order valence-electron chi connectivity index (χ4n) is 2.37. The third-order valence-electron chi connectivity index (χ3n) is 3.61. The van der Waals surface area contributed by atoms with E-state index in [0.29, 0.717) is 10.9 Å². The molecule has 3 rings (SSSR count). The van der Waals surface area contributed by atoms with Crippen LogP contribution in [-0.2, 0) is 17.5 Å².